The van der Waals surface area contributed by atoms with Crippen LogP contribution in [0, 0.1) is 0 Å². The number of hydrogen-bond donors (Lipinski definition) is 1. The van der Waals surface area contributed by atoms with E-state index >= 15 is 0 Å². The topological polar surface area (TPSA) is 49.8 Å². The molecule has 0 aliphatic carbocycles. The van der Waals surface area contributed by atoms with Crippen molar-refractivity contribution < 1.29 is 14.6 Å². The number of methoxy groups -OCH3 is 1. The van der Waals surface area contributed by atoms with Crippen LogP contribution in [-0.2, 0) is 9.53 Å². The Bertz CT molecular complexity index is 575. The highest BCUT2D eigenvalue weighted by atomic mass is 16.5. The highest BCUT2D eigenvalue weighted by Gasteiger charge is 2.51. The first-order valence-corrected chi connectivity index (χ1v) is 6.73. The van der Waals surface area contributed by atoms with Crippen molar-refractivity contribution in [1.82, 2.24) is 4.90 Å². The van der Waals surface area contributed by atoms with Crippen LogP contribution < -0.4 is 0 Å². The number of β-lactam (4-membered cyclic amide) rings is 1. The molecule has 0 unspecified atom stereocenters. The summed E-state index contributed by atoms with van der Waals surface area (Å²) in [7, 11) is 1.47. The Morgan fingerprint density at radius 3 is 2.71 bits per heavy atom. The van der Waals surface area contributed by atoms with E-state index in [1.807, 2.05) is 30.3 Å². The van der Waals surface area contributed by atoms with Gasteiger partial charge in [-0.15, -0.1) is 12.3 Å². The van der Waals surface area contributed by atoms with Crippen LogP contribution in [0.5, 0.6) is 0 Å². The second kappa shape index (κ2) is 6.55. The molecule has 0 bridgehead atoms. The lowest BCUT2D eigenvalue weighted by Crippen LogP contribution is -2.69. The average Bonchev–Trinajstić information content (AvgIpc) is 2.51. The van der Waals surface area contributed by atoms with Crippen LogP contribution in [0.15, 0.2) is 55.3 Å². The summed E-state index contributed by atoms with van der Waals surface area (Å²) in [5, 5.41) is 10.7. The third-order valence-electron chi connectivity index (χ3n) is 3.67. The summed E-state index contributed by atoms with van der Waals surface area (Å²) in [6.07, 6.45) is 0.0723. The molecule has 1 amide bonds. The van der Waals surface area contributed by atoms with Crippen molar-refractivity contribution in [2.45, 2.75) is 18.2 Å². The first kappa shape index (κ1) is 15.3. The van der Waals surface area contributed by atoms with E-state index in [0.717, 1.165) is 5.56 Å². The molecule has 1 fully saturated rings. The Labute approximate surface area is 124 Å². The number of benzene rings is 1. The Morgan fingerprint density at radius 1 is 1.52 bits per heavy atom. The molecule has 2 rings (SSSR count). The van der Waals surface area contributed by atoms with E-state index in [1.165, 1.54) is 7.11 Å². The standard InChI is InChI=1S/C17H19NO3/c1-4-11-18-14(16(21-3)17(18)20)15(19)13(5-2)12-9-7-6-8-10-12/h4,6-10,14-16,19H,1-2,11H2,3H3/t14-,15+,16+/m0/s1. The van der Waals surface area contributed by atoms with E-state index in [-0.39, 0.29) is 5.91 Å². The second-order valence-corrected chi connectivity index (χ2v) is 4.83. The Kier molecular flexibility index (Phi) is 4.76. The number of aliphatic hydroxyl groups excluding tert-OH is 1. The molecule has 0 aromatic heterocycles. The van der Waals surface area contributed by atoms with E-state index in [9.17, 15) is 9.90 Å². The van der Waals surface area contributed by atoms with Gasteiger partial charge in [-0.1, -0.05) is 43.0 Å². The molecule has 1 aromatic carbocycles. The summed E-state index contributed by atoms with van der Waals surface area (Å²) in [5.74, 6) is -0.141. The van der Waals surface area contributed by atoms with Gasteiger partial charge >= 0.3 is 0 Å². The second-order valence-electron chi connectivity index (χ2n) is 4.83. The van der Waals surface area contributed by atoms with Gasteiger partial charge in [0.2, 0.25) is 0 Å². The fourth-order valence-corrected chi connectivity index (χ4v) is 2.63. The lowest BCUT2D eigenvalue weighted by molar-refractivity contribution is -0.175. The average molecular weight is 285 g/mol. The van der Waals surface area contributed by atoms with E-state index in [2.05, 4.69) is 18.9 Å². The molecule has 21 heavy (non-hydrogen) atoms. The molecular formula is C17H19NO3. The molecule has 1 saturated heterocycles. The molecule has 4 heteroatoms. The normalized spacial score (nSPS) is 22.2. The lowest BCUT2D eigenvalue weighted by Gasteiger charge is -2.48. The summed E-state index contributed by atoms with van der Waals surface area (Å²) >= 11 is 0. The zero-order chi connectivity index (χ0) is 15.4. The summed E-state index contributed by atoms with van der Waals surface area (Å²) in [5.41, 5.74) is 4.17. The number of aliphatic hydroxyl groups is 1. The molecule has 1 aliphatic heterocycles. The van der Waals surface area contributed by atoms with Crippen LogP contribution >= 0.6 is 0 Å². The van der Waals surface area contributed by atoms with Crippen molar-refractivity contribution >= 4 is 11.5 Å². The molecular weight excluding hydrogens is 266 g/mol. The van der Waals surface area contributed by atoms with Crippen LogP contribution in [0.25, 0.3) is 5.57 Å². The van der Waals surface area contributed by atoms with E-state index in [0.29, 0.717) is 12.1 Å². The number of amides is 1. The minimum Gasteiger partial charge on any atom is -0.385 e. The smallest absolute Gasteiger partial charge is 0.254 e. The molecule has 110 valence electrons. The molecule has 3 atom stereocenters. The van der Waals surface area contributed by atoms with E-state index < -0.39 is 18.2 Å². The summed E-state index contributed by atoms with van der Waals surface area (Å²) < 4.78 is 5.19. The van der Waals surface area contributed by atoms with Crippen molar-refractivity contribution in [3.8, 4) is 0 Å². The van der Waals surface area contributed by atoms with Crippen molar-refractivity contribution in [2.24, 2.45) is 0 Å². The molecule has 0 saturated carbocycles. The van der Waals surface area contributed by atoms with Gasteiger partial charge in [0.25, 0.3) is 5.91 Å². The van der Waals surface area contributed by atoms with Crippen LogP contribution in [-0.4, -0.2) is 47.8 Å². The Morgan fingerprint density at radius 2 is 2.19 bits per heavy atom. The molecule has 1 heterocycles. The quantitative estimate of drug-likeness (QED) is 0.491. The number of hydrogen-bond acceptors (Lipinski definition) is 3. The number of carbonyl (C=O) groups excluding carboxylic acids is 1. The van der Waals surface area contributed by atoms with Crippen LogP contribution in [0.2, 0.25) is 0 Å². The Balaban J connectivity index is 2.28. The van der Waals surface area contributed by atoms with Gasteiger partial charge in [-0.05, 0) is 5.56 Å². The fourth-order valence-electron chi connectivity index (χ4n) is 2.63. The molecule has 0 spiro atoms. The summed E-state index contributed by atoms with van der Waals surface area (Å²) in [4.78, 5) is 13.5. The SMILES string of the molecule is C=C=C(c1ccccc1)[C@@H](O)[C@H]1[C@@H](OC)C(=O)N1CC=C. The molecule has 0 radical (unpaired) electrons. The van der Waals surface area contributed by atoms with Crippen molar-refractivity contribution in [2.75, 3.05) is 13.7 Å². The fraction of sp³-hybridized carbons (Fsp3) is 0.294. The van der Waals surface area contributed by atoms with Gasteiger partial charge in [-0.25, -0.2) is 0 Å². The van der Waals surface area contributed by atoms with E-state index in [4.69, 9.17) is 4.74 Å². The van der Waals surface area contributed by atoms with Crippen LogP contribution in [0.3, 0.4) is 0 Å². The monoisotopic (exact) mass is 285 g/mol. The highest BCUT2D eigenvalue weighted by Crippen LogP contribution is 2.31. The van der Waals surface area contributed by atoms with Gasteiger partial charge in [-0.2, -0.15) is 0 Å². The molecule has 1 aromatic rings. The first-order chi connectivity index (χ1) is 10.2. The first-order valence-electron chi connectivity index (χ1n) is 6.73. The third kappa shape index (κ3) is 2.69. The minimum absolute atomic E-state index is 0.141. The predicted molar refractivity (Wildman–Crippen MR) is 81.5 cm³/mol. The lowest BCUT2D eigenvalue weighted by atomic mass is 9.86. The number of rotatable bonds is 6. The van der Waals surface area contributed by atoms with Gasteiger partial charge in [0.1, 0.15) is 6.10 Å². The van der Waals surface area contributed by atoms with Crippen molar-refractivity contribution in [3.05, 3.63) is 60.9 Å². The van der Waals surface area contributed by atoms with E-state index in [1.54, 1.807) is 11.0 Å². The van der Waals surface area contributed by atoms with Crippen molar-refractivity contribution in [1.29, 1.82) is 0 Å². The summed E-state index contributed by atoms with van der Waals surface area (Å²) in [6.45, 7) is 7.66. The highest BCUT2D eigenvalue weighted by molar-refractivity contribution is 5.90. The molecule has 1 N–H and O–H groups in total. The van der Waals surface area contributed by atoms with Gasteiger partial charge in [0.15, 0.2) is 6.10 Å². The number of carbonyl (C=O) groups is 1. The van der Waals surface area contributed by atoms with Gasteiger partial charge in [0.05, 0.1) is 6.04 Å². The number of nitrogens with zero attached hydrogens (tertiary/aromatic N) is 1. The maximum atomic E-state index is 11.9. The minimum atomic E-state index is -0.910. The largest absolute Gasteiger partial charge is 0.385 e. The maximum absolute atomic E-state index is 11.9. The maximum Gasteiger partial charge on any atom is 0.254 e. The molecule has 1 aliphatic rings. The third-order valence-corrected chi connectivity index (χ3v) is 3.67. The number of ether oxygens (including phenoxy) is 1. The predicted octanol–water partition coefficient (Wildman–Crippen LogP) is 1.63. The van der Waals surface area contributed by atoms with Gasteiger partial charge < -0.3 is 14.7 Å². The molecule has 4 nitrogen and oxygen atoms in total. The number of likely N-dealkylation sites (tertiary alicyclic amines) is 1. The van der Waals surface area contributed by atoms with Gasteiger partial charge in [-0.3, -0.25) is 4.79 Å². The summed E-state index contributed by atoms with van der Waals surface area (Å²) in [6, 6.07) is 8.94. The van der Waals surface area contributed by atoms with Crippen LogP contribution in [0.1, 0.15) is 5.56 Å². The Hall–Kier alpha value is -2.13. The zero-order valence-corrected chi connectivity index (χ0v) is 12.0. The zero-order valence-electron chi connectivity index (χ0n) is 12.0. The van der Waals surface area contributed by atoms with Crippen LogP contribution in [0.4, 0.5) is 0 Å². The van der Waals surface area contributed by atoms with Gasteiger partial charge in [0, 0.05) is 19.2 Å². The van der Waals surface area contributed by atoms with Crippen molar-refractivity contribution in [3.63, 3.8) is 0 Å².